The summed E-state index contributed by atoms with van der Waals surface area (Å²) in [5, 5.41) is 0. The lowest BCUT2D eigenvalue weighted by Gasteiger charge is -2.20. The molecule has 0 radical (unpaired) electrons. The maximum absolute atomic E-state index is 13.1. The lowest BCUT2D eigenvalue weighted by Crippen LogP contribution is -2.18. The third-order valence-electron chi connectivity index (χ3n) is 3.42. The molecule has 0 N–H and O–H groups in total. The lowest BCUT2D eigenvalue weighted by atomic mass is 9.83. The van der Waals surface area contributed by atoms with E-state index < -0.39 is 0 Å². The van der Waals surface area contributed by atoms with Crippen molar-refractivity contribution in [3.8, 4) is 0 Å². The second kappa shape index (κ2) is 4.77. The van der Waals surface area contributed by atoms with Gasteiger partial charge in [0.2, 0.25) is 0 Å². The molecular formula is C14H17FO. The van der Waals surface area contributed by atoms with Crippen LogP contribution in [0, 0.1) is 18.7 Å². The fourth-order valence-corrected chi connectivity index (χ4v) is 2.40. The Bertz CT molecular complexity index is 392. The highest BCUT2D eigenvalue weighted by molar-refractivity contribution is 5.98. The highest BCUT2D eigenvalue weighted by Gasteiger charge is 2.22. The van der Waals surface area contributed by atoms with E-state index in [9.17, 15) is 9.18 Å². The minimum absolute atomic E-state index is 0.165. The number of aryl methyl sites for hydroxylation is 1. The summed E-state index contributed by atoms with van der Waals surface area (Å²) in [6.07, 6.45) is 5.53. The number of carbonyl (C=O) groups is 1. The fraction of sp³-hybridized carbons (Fsp3) is 0.500. The molecule has 1 nitrogen and oxygen atoms in total. The minimum Gasteiger partial charge on any atom is -0.294 e. The third-order valence-corrected chi connectivity index (χ3v) is 3.42. The van der Waals surface area contributed by atoms with Gasteiger partial charge in [-0.25, -0.2) is 4.39 Å². The van der Waals surface area contributed by atoms with Crippen LogP contribution in [0.4, 0.5) is 4.39 Å². The molecule has 0 amide bonds. The van der Waals surface area contributed by atoms with E-state index >= 15 is 0 Å². The van der Waals surface area contributed by atoms with Crippen molar-refractivity contribution in [1.29, 1.82) is 0 Å². The Kier molecular flexibility index (Phi) is 3.37. The van der Waals surface area contributed by atoms with Crippen molar-refractivity contribution < 1.29 is 9.18 Å². The van der Waals surface area contributed by atoms with Gasteiger partial charge in [-0.05, 0) is 43.5 Å². The van der Waals surface area contributed by atoms with Gasteiger partial charge in [-0.15, -0.1) is 0 Å². The van der Waals surface area contributed by atoms with Crippen molar-refractivity contribution >= 4 is 5.78 Å². The van der Waals surface area contributed by atoms with E-state index in [2.05, 4.69) is 0 Å². The molecule has 1 saturated carbocycles. The van der Waals surface area contributed by atoms with Gasteiger partial charge in [0.15, 0.2) is 5.78 Å². The van der Waals surface area contributed by atoms with Gasteiger partial charge in [0.25, 0.3) is 0 Å². The second-order valence-corrected chi connectivity index (χ2v) is 4.66. The summed E-state index contributed by atoms with van der Waals surface area (Å²) in [4.78, 5) is 12.1. The van der Waals surface area contributed by atoms with Crippen molar-refractivity contribution in [3.05, 3.63) is 35.1 Å². The summed E-state index contributed by atoms with van der Waals surface area (Å²) in [7, 11) is 0. The van der Waals surface area contributed by atoms with Crippen molar-refractivity contribution in [2.75, 3.05) is 0 Å². The molecule has 0 atom stereocenters. The predicted molar refractivity (Wildman–Crippen MR) is 62.0 cm³/mol. The number of hydrogen-bond donors (Lipinski definition) is 0. The molecule has 1 aromatic rings. The fourth-order valence-electron chi connectivity index (χ4n) is 2.40. The first-order valence-electron chi connectivity index (χ1n) is 5.99. The molecule has 1 aliphatic carbocycles. The molecule has 0 unspecified atom stereocenters. The normalized spacial score (nSPS) is 17.4. The topological polar surface area (TPSA) is 17.1 Å². The zero-order chi connectivity index (χ0) is 11.5. The predicted octanol–water partition coefficient (Wildman–Crippen LogP) is 3.90. The van der Waals surface area contributed by atoms with Crippen LogP contribution in [0.3, 0.4) is 0 Å². The molecule has 0 aromatic heterocycles. The standard InChI is InChI=1S/C14H17FO/c1-10-9-12(7-8-13(10)15)14(16)11-5-3-2-4-6-11/h7-9,11H,2-6H2,1H3. The van der Waals surface area contributed by atoms with Gasteiger partial charge >= 0.3 is 0 Å². The largest absolute Gasteiger partial charge is 0.294 e. The van der Waals surface area contributed by atoms with Gasteiger partial charge in [0.05, 0.1) is 0 Å². The van der Waals surface area contributed by atoms with Crippen LogP contribution in [0.25, 0.3) is 0 Å². The van der Waals surface area contributed by atoms with E-state index in [1.54, 1.807) is 19.1 Å². The molecule has 1 aromatic carbocycles. The van der Waals surface area contributed by atoms with Crippen LogP contribution in [0.2, 0.25) is 0 Å². The van der Waals surface area contributed by atoms with Crippen LogP contribution >= 0.6 is 0 Å². The van der Waals surface area contributed by atoms with Crippen LogP contribution in [-0.2, 0) is 0 Å². The number of rotatable bonds is 2. The smallest absolute Gasteiger partial charge is 0.165 e. The summed E-state index contributed by atoms with van der Waals surface area (Å²) in [6.45, 7) is 1.70. The summed E-state index contributed by atoms with van der Waals surface area (Å²) in [5.74, 6) is 0.126. The molecule has 86 valence electrons. The molecule has 0 aliphatic heterocycles. The lowest BCUT2D eigenvalue weighted by molar-refractivity contribution is 0.0889. The molecule has 0 spiro atoms. The summed E-state index contributed by atoms with van der Waals surface area (Å²) in [6, 6.07) is 4.68. The summed E-state index contributed by atoms with van der Waals surface area (Å²) < 4.78 is 13.1. The van der Waals surface area contributed by atoms with E-state index in [1.165, 1.54) is 12.5 Å². The molecule has 16 heavy (non-hydrogen) atoms. The number of benzene rings is 1. The number of Topliss-reactive ketones (excluding diaryl/α,β-unsaturated/α-hetero) is 1. The molecule has 1 aliphatic rings. The van der Waals surface area contributed by atoms with Crippen LogP contribution in [-0.4, -0.2) is 5.78 Å². The zero-order valence-corrected chi connectivity index (χ0v) is 9.63. The van der Waals surface area contributed by atoms with E-state index in [-0.39, 0.29) is 17.5 Å². The van der Waals surface area contributed by atoms with Gasteiger partial charge in [-0.3, -0.25) is 4.79 Å². The van der Waals surface area contributed by atoms with Crippen LogP contribution < -0.4 is 0 Å². The van der Waals surface area contributed by atoms with E-state index in [0.29, 0.717) is 11.1 Å². The Morgan fingerprint density at radius 3 is 2.56 bits per heavy atom. The molecule has 2 heteroatoms. The number of halogens is 1. The monoisotopic (exact) mass is 220 g/mol. The molecule has 2 rings (SSSR count). The third kappa shape index (κ3) is 2.31. The van der Waals surface area contributed by atoms with Crippen molar-refractivity contribution in [2.24, 2.45) is 5.92 Å². The average molecular weight is 220 g/mol. The first-order chi connectivity index (χ1) is 7.68. The Hall–Kier alpha value is -1.18. The molecule has 0 heterocycles. The van der Waals surface area contributed by atoms with Crippen molar-refractivity contribution in [2.45, 2.75) is 39.0 Å². The second-order valence-electron chi connectivity index (χ2n) is 4.66. The van der Waals surface area contributed by atoms with Gasteiger partial charge in [-0.2, -0.15) is 0 Å². The first kappa shape index (κ1) is 11.3. The zero-order valence-electron chi connectivity index (χ0n) is 9.63. The van der Waals surface area contributed by atoms with Crippen molar-refractivity contribution in [1.82, 2.24) is 0 Å². The maximum Gasteiger partial charge on any atom is 0.165 e. The van der Waals surface area contributed by atoms with Gasteiger partial charge < -0.3 is 0 Å². The van der Waals surface area contributed by atoms with Crippen LogP contribution in [0.15, 0.2) is 18.2 Å². The highest BCUT2D eigenvalue weighted by atomic mass is 19.1. The molecule has 0 saturated heterocycles. The van der Waals surface area contributed by atoms with E-state index in [4.69, 9.17) is 0 Å². The Labute approximate surface area is 95.7 Å². The maximum atomic E-state index is 13.1. The highest BCUT2D eigenvalue weighted by Crippen LogP contribution is 2.27. The molecule has 1 fully saturated rings. The number of ketones is 1. The summed E-state index contributed by atoms with van der Waals surface area (Å²) in [5.41, 5.74) is 1.23. The van der Waals surface area contributed by atoms with Crippen LogP contribution in [0.5, 0.6) is 0 Å². The average Bonchev–Trinajstić information content (AvgIpc) is 2.33. The minimum atomic E-state index is -0.236. The first-order valence-corrected chi connectivity index (χ1v) is 5.99. The Balaban J connectivity index is 2.16. The van der Waals surface area contributed by atoms with Gasteiger partial charge in [-0.1, -0.05) is 19.3 Å². The van der Waals surface area contributed by atoms with E-state index in [1.807, 2.05) is 0 Å². The number of hydrogen-bond acceptors (Lipinski definition) is 1. The molecule has 0 bridgehead atoms. The SMILES string of the molecule is Cc1cc(C(=O)C2CCCCC2)ccc1F. The Morgan fingerprint density at radius 2 is 1.94 bits per heavy atom. The van der Waals surface area contributed by atoms with Crippen LogP contribution in [0.1, 0.15) is 48.0 Å². The Morgan fingerprint density at radius 1 is 1.25 bits per heavy atom. The molecular weight excluding hydrogens is 203 g/mol. The van der Waals surface area contributed by atoms with Gasteiger partial charge in [0.1, 0.15) is 5.82 Å². The quantitative estimate of drug-likeness (QED) is 0.691. The summed E-state index contributed by atoms with van der Waals surface area (Å²) >= 11 is 0. The van der Waals surface area contributed by atoms with Gasteiger partial charge in [0, 0.05) is 11.5 Å². The van der Waals surface area contributed by atoms with Crippen molar-refractivity contribution in [3.63, 3.8) is 0 Å². The number of carbonyl (C=O) groups excluding carboxylic acids is 1. The van der Waals surface area contributed by atoms with E-state index in [0.717, 1.165) is 25.7 Å².